The number of fused-ring (bicyclic) bond motifs is 11. The van der Waals surface area contributed by atoms with Crippen molar-refractivity contribution in [1.82, 2.24) is 4.57 Å². The van der Waals surface area contributed by atoms with Crippen molar-refractivity contribution >= 4 is 99.6 Å². The third-order valence-electron chi connectivity index (χ3n) is 12.5. The lowest BCUT2D eigenvalue weighted by Gasteiger charge is -2.26. The Morgan fingerprint density at radius 1 is 0.431 bits per heavy atom. The van der Waals surface area contributed by atoms with Gasteiger partial charge in [-0.3, -0.25) is 0 Å². The molecule has 1 aliphatic heterocycles. The first-order valence-corrected chi connectivity index (χ1v) is 23.9. The summed E-state index contributed by atoms with van der Waals surface area (Å²) in [6.45, 7) is 5.05. The van der Waals surface area contributed by atoms with E-state index in [2.05, 4.69) is 217 Å². The van der Waals surface area contributed by atoms with Gasteiger partial charge in [0.05, 0.1) is 11.0 Å². The minimum atomic E-state index is -1.92. The molecule has 0 aliphatic carbocycles. The van der Waals surface area contributed by atoms with Crippen LogP contribution in [0.1, 0.15) is 0 Å². The fourth-order valence-electron chi connectivity index (χ4n) is 9.87. The molecule has 0 bridgehead atoms. The molecule has 0 radical (unpaired) electrons. The summed E-state index contributed by atoms with van der Waals surface area (Å²) < 4.78 is 5.09. The molecule has 0 N–H and O–H groups in total. The van der Waals surface area contributed by atoms with E-state index in [9.17, 15) is 0 Å². The topological polar surface area (TPSA) is 8.17 Å². The van der Waals surface area contributed by atoms with E-state index in [0.717, 1.165) is 17.1 Å². The average molecular weight is 775 g/mol. The van der Waals surface area contributed by atoms with Crippen LogP contribution in [-0.2, 0) is 0 Å². The van der Waals surface area contributed by atoms with Gasteiger partial charge < -0.3 is 9.47 Å². The molecule has 0 saturated heterocycles. The van der Waals surface area contributed by atoms with Gasteiger partial charge in [0.2, 0.25) is 0 Å². The normalized spacial score (nSPS) is 13.1. The lowest BCUT2D eigenvalue weighted by molar-refractivity contribution is 1.18. The Bertz CT molecular complexity index is 3430. The first kappa shape index (κ1) is 33.4. The highest BCUT2D eigenvalue weighted by Crippen LogP contribution is 2.43. The molecule has 2 aromatic heterocycles. The van der Waals surface area contributed by atoms with Gasteiger partial charge >= 0.3 is 0 Å². The highest BCUT2D eigenvalue weighted by molar-refractivity contribution is 7.25. The Labute approximate surface area is 342 Å². The van der Waals surface area contributed by atoms with E-state index in [-0.39, 0.29) is 0 Å². The molecule has 0 spiro atoms. The number of hydrogen-bond acceptors (Lipinski definition) is 2. The van der Waals surface area contributed by atoms with Gasteiger partial charge in [0.1, 0.15) is 8.07 Å². The molecule has 12 rings (SSSR count). The first-order chi connectivity index (χ1) is 28.5. The third kappa shape index (κ3) is 4.95. The highest BCUT2D eigenvalue weighted by Gasteiger charge is 2.38. The van der Waals surface area contributed by atoms with Gasteiger partial charge in [0.25, 0.3) is 0 Å². The second-order valence-electron chi connectivity index (χ2n) is 16.2. The van der Waals surface area contributed by atoms with Crippen molar-refractivity contribution in [2.45, 2.75) is 13.1 Å². The lowest BCUT2D eigenvalue weighted by atomic mass is 9.98. The van der Waals surface area contributed by atoms with E-state index in [4.69, 9.17) is 0 Å². The minimum Gasteiger partial charge on any atom is -0.310 e. The van der Waals surface area contributed by atoms with E-state index in [1.807, 2.05) is 11.3 Å². The predicted molar refractivity (Wildman–Crippen MR) is 253 cm³/mol. The van der Waals surface area contributed by atoms with Crippen molar-refractivity contribution in [3.8, 4) is 27.9 Å². The summed E-state index contributed by atoms with van der Waals surface area (Å²) in [5, 5.41) is 11.0. The molecule has 1 aliphatic rings. The second kappa shape index (κ2) is 12.6. The Morgan fingerprint density at radius 3 is 2.02 bits per heavy atom. The van der Waals surface area contributed by atoms with Gasteiger partial charge in [-0.1, -0.05) is 128 Å². The SMILES string of the molecule is C[Si]1(C)c2ccccc2-c2ccc3cc4c5cc(-c6cccc(N(c7ccccc7)c7ccc8c(c7)sc7ccccc78)c6)ccc5n(-c5ccccc5)c4cc3c21. The zero-order valence-electron chi connectivity index (χ0n) is 32.3. The van der Waals surface area contributed by atoms with Gasteiger partial charge in [-0.2, -0.15) is 0 Å². The van der Waals surface area contributed by atoms with Crippen LogP contribution in [0, 0.1) is 0 Å². The maximum absolute atomic E-state index is 2.52. The molecule has 4 heteroatoms. The molecule has 0 saturated carbocycles. The van der Waals surface area contributed by atoms with Gasteiger partial charge in [-0.25, -0.2) is 0 Å². The Balaban J connectivity index is 1.04. The van der Waals surface area contributed by atoms with Crippen molar-refractivity contribution in [2.75, 3.05) is 4.90 Å². The van der Waals surface area contributed by atoms with Crippen molar-refractivity contribution < 1.29 is 0 Å². The number of benzene rings is 9. The Morgan fingerprint density at radius 2 is 1.14 bits per heavy atom. The van der Waals surface area contributed by atoms with E-state index in [0.29, 0.717) is 0 Å². The Kier molecular flexibility index (Phi) is 7.28. The molecule has 274 valence electrons. The number of aromatic nitrogens is 1. The van der Waals surface area contributed by atoms with Crippen LogP contribution < -0.4 is 15.3 Å². The van der Waals surface area contributed by atoms with Crippen molar-refractivity contribution in [2.24, 2.45) is 0 Å². The number of anilines is 3. The van der Waals surface area contributed by atoms with Crippen molar-refractivity contribution in [3.63, 3.8) is 0 Å². The molecule has 0 fully saturated rings. The summed E-state index contributed by atoms with van der Waals surface area (Å²) >= 11 is 1.86. The molecule has 11 aromatic rings. The molecule has 9 aromatic carbocycles. The summed E-state index contributed by atoms with van der Waals surface area (Å²) in [5.74, 6) is 0. The molecular weight excluding hydrogens is 737 g/mol. The van der Waals surface area contributed by atoms with E-state index >= 15 is 0 Å². The van der Waals surface area contributed by atoms with Crippen LogP contribution in [-0.4, -0.2) is 12.6 Å². The highest BCUT2D eigenvalue weighted by atomic mass is 32.1. The molecule has 58 heavy (non-hydrogen) atoms. The zero-order valence-corrected chi connectivity index (χ0v) is 34.1. The van der Waals surface area contributed by atoms with E-state index < -0.39 is 8.07 Å². The fourth-order valence-corrected chi connectivity index (χ4v) is 14.5. The van der Waals surface area contributed by atoms with Crippen LogP contribution in [0.5, 0.6) is 0 Å². The van der Waals surface area contributed by atoms with Crippen LogP contribution in [0.4, 0.5) is 17.1 Å². The molecule has 0 unspecified atom stereocenters. The van der Waals surface area contributed by atoms with Crippen molar-refractivity contribution in [1.29, 1.82) is 0 Å². The Hall–Kier alpha value is -6.72. The number of rotatable bonds is 5. The van der Waals surface area contributed by atoms with Crippen LogP contribution in [0.3, 0.4) is 0 Å². The summed E-state index contributed by atoms with van der Waals surface area (Å²) in [6, 6.07) is 72.1. The summed E-state index contributed by atoms with van der Waals surface area (Å²) in [4.78, 5) is 2.39. The maximum Gasteiger partial charge on any atom is 0.114 e. The largest absolute Gasteiger partial charge is 0.310 e. The van der Waals surface area contributed by atoms with E-state index in [1.54, 1.807) is 10.4 Å². The number of hydrogen-bond donors (Lipinski definition) is 0. The third-order valence-corrected chi connectivity index (χ3v) is 17.2. The van der Waals surface area contributed by atoms with Gasteiger partial charge in [0, 0.05) is 53.7 Å². The number of para-hydroxylation sites is 2. The summed E-state index contributed by atoms with van der Waals surface area (Å²) in [5.41, 5.74) is 12.3. The smallest absolute Gasteiger partial charge is 0.114 e. The zero-order chi connectivity index (χ0) is 38.5. The lowest BCUT2D eigenvalue weighted by Crippen LogP contribution is -2.49. The quantitative estimate of drug-likeness (QED) is 0.158. The van der Waals surface area contributed by atoms with Crippen LogP contribution in [0.2, 0.25) is 13.1 Å². The first-order valence-electron chi connectivity index (χ1n) is 20.1. The fraction of sp³-hybridized carbons (Fsp3) is 0.0370. The summed E-state index contributed by atoms with van der Waals surface area (Å²) in [6.07, 6.45) is 0. The van der Waals surface area contributed by atoms with Crippen LogP contribution >= 0.6 is 11.3 Å². The second-order valence-corrected chi connectivity index (χ2v) is 21.5. The number of thiophene rings is 1. The van der Waals surface area contributed by atoms with Crippen LogP contribution in [0.25, 0.3) is 80.7 Å². The molecular formula is C54H38N2SSi. The average Bonchev–Trinajstić information content (AvgIpc) is 3.88. The van der Waals surface area contributed by atoms with Gasteiger partial charge in [-0.15, -0.1) is 11.3 Å². The van der Waals surface area contributed by atoms with E-state index in [1.165, 1.54) is 80.7 Å². The maximum atomic E-state index is 2.52. The summed E-state index contributed by atoms with van der Waals surface area (Å²) in [7, 11) is -1.92. The standard InChI is InChI=1S/C54H38N2SSi/c1-58(2)53-23-12-10-21-44(53)45-27-24-37-32-48-47-31-36(25-29-49(47)56(39-17-7-4-8-18-39)50(48)34-46(37)54(45)58)35-14-13-19-40(30-35)55(38-15-5-3-6-16-38)41-26-28-43-42-20-9-11-22-51(42)57-52(43)33-41/h3-34H,1-2H3. The molecule has 0 amide bonds. The van der Waals surface area contributed by atoms with Crippen molar-refractivity contribution in [3.05, 3.63) is 194 Å². The minimum absolute atomic E-state index is 1.13. The van der Waals surface area contributed by atoms with Gasteiger partial charge in [-0.05, 0) is 122 Å². The van der Waals surface area contributed by atoms with Gasteiger partial charge in [0.15, 0.2) is 0 Å². The van der Waals surface area contributed by atoms with Crippen LogP contribution in [0.15, 0.2) is 194 Å². The molecule has 2 nitrogen and oxygen atoms in total. The molecule has 0 atom stereocenters. The predicted octanol–water partition coefficient (Wildman–Crippen LogP) is 14.2. The number of nitrogens with zero attached hydrogens (tertiary/aromatic N) is 2. The molecule has 3 heterocycles. The monoisotopic (exact) mass is 774 g/mol.